The second-order valence-electron chi connectivity index (χ2n) is 6.08. The molecule has 20 heavy (non-hydrogen) atoms. The first kappa shape index (κ1) is 14.5. The van der Waals surface area contributed by atoms with Crippen LogP contribution in [0.3, 0.4) is 0 Å². The van der Waals surface area contributed by atoms with Crippen molar-refractivity contribution in [1.82, 2.24) is 0 Å². The van der Waals surface area contributed by atoms with E-state index >= 15 is 0 Å². The second-order valence-corrected chi connectivity index (χ2v) is 6.96. The first-order valence-corrected chi connectivity index (χ1v) is 8.27. The van der Waals surface area contributed by atoms with Gasteiger partial charge in [-0.15, -0.1) is 0 Å². The zero-order valence-corrected chi connectivity index (χ0v) is 13.1. The molecule has 1 unspecified atom stereocenters. The minimum atomic E-state index is 0.122. The number of benzene rings is 1. The molecule has 1 N–H and O–H groups in total. The van der Waals surface area contributed by atoms with E-state index in [1.165, 1.54) is 32.1 Å². The number of hydrogen-bond donors (Lipinski definition) is 1. The van der Waals surface area contributed by atoms with Gasteiger partial charge in [-0.25, -0.2) is 0 Å². The fourth-order valence-electron chi connectivity index (χ4n) is 3.57. The molecule has 1 aromatic carbocycles. The molecule has 2 nitrogen and oxygen atoms in total. The lowest BCUT2D eigenvalue weighted by Crippen LogP contribution is -2.45. The minimum Gasteiger partial charge on any atom is -0.382 e. The number of rotatable bonds is 2. The summed E-state index contributed by atoms with van der Waals surface area (Å²) >= 11 is 12.1. The van der Waals surface area contributed by atoms with Crippen LogP contribution >= 0.6 is 23.2 Å². The molecule has 110 valence electrons. The van der Waals surface area contributed by atoms with Gasteiger partial charge in [-0.2, -0.15) is 0 Å². The van der Waals surface area contributed by atoms with Crippen molar-refractivity contribution in [3.8, 4) is 0 Å². The Kier molecular flexibility index (Phi) is 4.44. The average Bonchev–Trinajstić information content (AvgIpc) is 2.38. The summed E-state index contributed by atoms with van der Waals surface area (Å²) in [6, 6.07) is 6.10. The van der Waals surface area contributed by atoms with Crippen LogP contribution in [0.25, 0.3) is 0 Å². The maximum Gasteiger partial charge on any atom is 0.0702 e. The van der Waals surface area contributed by atoms with Gasteiger partial charge in [-0.3, -0.25) is 0 Å². The maximum absolute atomic E-state index is 6.13. The fourth-order valence-corrected chi connectivity index (χ4v) is 4.09. The summed E-state index contributed by atoms with van der Waals surface area (Å²) in [6.45, 7) is 0.853. The molecular weight excluding hydrogens is 293 g/mol. The first-order chi connectivity index (χ1) is 9.65. The summed E-state index contributed by atoms with van der Waals surface area (Å²) in [4.78, 5) is 0. The highest BCUT2D eigenvalue weighted by Gasteiger charge is 2.38. The minimum absolute atomic E-state index is 0.122. The molecule has 1 aromatic rings. The topological polar surface area (TPSA) is 21.3 Å². The smallest absolute Gasteiger partial charge is 0.0702 e. The van der Waals surface area contributed by atoms with Gasteiger partial charge in [-0.1, -0.05) is 42.5 Å². The lowest BCUT2D eigenvalue weighted by atomic mass is 9.78. The first-order valence-electron chi connectivity index (χ1n) is 7.52. The van der Waals surface area contributed by atoms with E-state index in [1.54, 1.807) is 6.07 Å². The molecule has 4 heteroatoms. The summed E-state index contributed by atoms with van der Waals surface area (Å²) in [7, 11) is 0. The van der Waals surface area contributed by atoms with Gasteiger partial charge in [0.15, 0.2) is 0 Å². The van der Waals surface area contributed by atoms with E-state index in [4.69, 9.17) is 27.9 Å². The summed E-state index contributed by atoms with van der Waals surface area (Å²) in [5.41, 5.74) is 1.14. The SMILES string of the molecule is Clc1cc(Cl)cc(NC2CCOC3(CCCCC3)C2)c1. The lowest BCUT2D eigenvalue weighted by molar-refractivity contribution is -0.103. The van der Waals surface area contributed by atoms with E-state index in [0.717, 1.165) is 25.1 Å². The van der Waals surface area contributed by atoms with Gasteiger partial charge in [0.05, 0.1) is 5.60 Å². The molecule has 1 atom stereocenters. The predicted molar refractivity (Wildman–Crippen MR) is 84.9 cm³/mol. The Morgan fingerprint density at radius 3 is 2.45 bits per heavy atom. The number of anilines is 1. The number of ether oxygens (including phenoxy) is 1. The van der Waals surface area contributed by atoms with Gasteiger partial charge < -0.3 is 10.1 Å². The Morgan fingerprint density at radius 1 is 1.05 bits per heavy atom. The maximum atomic E-state index is 6.13. The van der Waals surface area contributed by atoms with Crippen molar-refractivity contribution < 1.29 is 4.74 Å². The average molecular weight is 314 g/mol. The van der Waals surface area contributed by atoms with Crippen LogP contribution in [0, 0.1) is 0 Å². The van der Waals surface area contributed by atoms with Gasteiger partial charge in [-0.05, 0) is 43.9 Å². The molecule has 1 saturated heterocycles. The van der Waals surface area contributed by atoms with E-state index in [1.807, 2.05) is 12.1 Å². The van der Waals surface area contributed by atoms with Gasteiger partial charge in [0, 0.05) is 28.4 Å². The standard InChI is InChI=1S/C16H21Cl2NO/c17-12-8-13(18)10-15(9-12)19-14-4-7-20-16(11-14)5-2-1-3-6-16/h8-10,14,19H,1-7,11H2. The molecule has 1 saturated carbocycles. The highest BCUT2D eigenvalue weighted by molar-refractivity contribution is 6.35. The largest absolute Gasteiger partial charge is 0.382 e. The molecule has 1 heterocycles. The van der Waals surface area contributed by atoms with Crippen LogP contribution in [0.15, 0.2) is 18.2 Å². The molecule has 2 aliphatic rings. The van der Waals surface area contributed by atoms with Crippen LogP contribution < -0.4 is 5.32 Å². The normalized spacial score (nSPS) is 25.6. The van der Waals surface area contributed by atoms with Gasteiger partial charge in [0.1, 0.15) is 0 Å². The monoisotopic (exact) mass is 313 g/mol. The number of hydrogen-bond acceptors (Lipinski definition) is 2. The van der Waals surface area contributed by atoms with Crippen molar-refractivity contribution >= 4 is 28.9 Å². The summed E-state index contributed by atoms with van der Waals surface area (Å²) in [5.74, 6) is 0. The highest BCUT2D eigenvalue weighted by atomic mass is 35.5. The summed E-state index contributed by atoms with van der Waals surface area (Å²) < 4.78 is 6.13. The molecular formula is C16H21Cl2NO. The van der Waals surface area contributed by atoms with Gasteiger partial charge in [0.2, 0.25) is 0 Å². The van der Waals surface area contributed by atoms with Crippen molar-refractivity contribution in [1.29, 1.82) is 0 Å². The molecule has 0 radical (unpaired) electrons. The molecule has 0 amide bonds. The van der Waals surface area contributed by atoms with E-state index < -0.39 is 0 Å². The lowest BCUT2D eigenvalue weighted by Gasteiger charge is -2.44. The van der Waals surface area contributed by atoms with E-state index in [2.05, 4.69) is 5.32 Å². The van der Waals surface area contributed by atoms with Crippen molar-refractivity contribution in [3.05, 3.63) is 28.2 Å². The van der Waals surface area contributed by atoms with Crippen LogP contribution in [0.5, 0.6) is 0 Å². The predicted octanol–water partition coefficient (Wildman–Crippen LogP) is 5.29. The van der Waals surface area contributed by atoms with Crippen LogP contribution in [0.2, 0.25) is 10.0 Å². The number of nitrogens with one attached hydrogen (secondary N) is 1. The van der Waals surface area contributed by atoms with Gasteiger partial charge in [0.25, 0.3) is 0 Å². The van der Waals surface area contributed by atoms with E-state index in [9.17, 15) is 0 Å². The fraction of sp³-hybridized carbons (Fsp3) is 0.625. The van der Waals surface area contributed by atoms with Crippen LogP contribution in [0.1, 0.15) is 44.9 Å². The quantitative estimate of drug-likeness (QED) is 0.801. The molecule has 1 aliphatic heterocycles. The molecule has 1 aliphatic carbocycles. The zero-order valence-electron chi connectivity index (χ0n) is 11.6. The zero-order chi connectivity index (χ0) is 14.0. The number of halogens is 2. The van der Waals surface area contributed by atoms with Crippen LogP contribution in [-0.4, -0.2) is 18.2 Å². The molecule has 0 aromatic heterocycles. The Morgan fingerprint density at radius 2 is 1.75 bits per heavy atom. The molecule has 1 spiro atoms. The van der Waals surface area contributed by atoms with Crippen LogP contribution in [-0.2, 0) is 4.74 Å². The van der Waals surface area contributed by atoms with Crippen LogP contribution in [0.4, 0.5) is 5.69 Å². The Bertz CT molecular complexity index is 446. The third-order valence-corrected chi connectivity index (χ3v) is 4.93. The van der Waals surface area contributed by atoms with Crippen molar-refractivity contribution in [2.24, 2.45) is 0 Å². The molecule has 2 fully saturated rings. The Labute approximate surface area is 130 Å². The van der Waals surface area contributed by atoms with Crippen molar-refractivity contribution in [2.75, 3.05) is 11.9 Å². The highest BCUT2D eigenvalue weighted by Crippen LogP contribution is 2.39. The van der Waals surface area contributed by atoms with E-state index in [0.29, 0.717) is 16.1 Å². The Balaban J connectivity index is 1.67. The van der Waals surface area contributed by atoms with Crippen molar-refractivity contribution in [3.63, 3.8) is 0 Å². The Hall–Kier alpha value is -0.440. The molecule has 3 rings (SSSR count). The second kappa shape index (κ2) is 6.13. The summed E-state index contributed by atoms with van der Waals surface area (Å²) in [6.07, 6.45) is 8.52. The van der Waals surface area contributed by atoms with Crippen molar-refractivity contribution in [2.45, 2.75) is 56.6 Å². The molecule has 0 bridgehead atoms. The third-order valence-electron chi connectivity index (χ3n) is 4.49. The van der Waals surface area contributed by atoms with E-state index in [-0.39, 0.29) is 5.60 Å². The third kappa shape index (κ3) is 3.41. The van der Waals surface area contributed by atoms with Gasteiger partial charge >= 0.3 is 0 Å². The summed E-state index contributed by atoms with van der Waals surface area (Å²) in [5, 5.41) is 4.95.